The van der Waals surface area contributed by atoms with Gasteiger partial charge in [-0.1, -0.05) is 30.3 Å². The van der Waals surface area contributed by atoms with E-state index in [0.29, 0.717) is 4.47 Å². The van der Waals surface area contributed by atoms with Crippen molar-refractivity contribution in [1.29, 1.82) is 0 Å². The van der Waals surface area contributed by atoms with Crippen molar-refractivity contribution in [2.24, 2.45) is 0 Å². The van der Waals surface area contributed by atoms with Crippen molar-refractivity contribution >= 4 is 26.0 Å². The number of hydrogen-bond donors (Lipinski definition) is 1. The molecule has 1 heterocycles. The van der Waals surface area contributed by atoms with Crippen LogP contribution in [0.25, 0.3) is 0 Å². The predicted octanol–water partition coefficient (Wildman–Crippen LogP) is 2.68. The Morgan fingerprint density at radius 1 is 1.20 bits per heavy atom. The molecule has 20 heavy (non-hydrogen) atoms. The number of benzene rings is 1. The minimum absolute atomic E-state index is 0.0265. The number of pyridine rings is 1. The van der Waals surface area contributed by atoms with Crippen LogP contribution in [0.2, 0.25) is 0 Å². The first-order valence-electron chi connectivity index (χ1n) is 6.24. The summed E-state index contributed by atoms with van der Waals surface area (Å²) in [5.74, 6) is 0.270. The summed E-state index contributed by atoms with van der Waals surface area (Å²) in [6, 6.07) is 11.5. The van der Waals surface area contributed by atoms with E-state index in [9.17, 15) is 8.42 Å². The van der Waals surface area contributed by atoms with Crippen molar-refractivity contribution in [2.75, 3.05) is 0 Å². The highest BCUT2D eigenvalue weighted by molar-refractivity contribution is 9.10. The van der Waals surface area contributed by atoms with Gasteiger partial charge in [-0.15, -0.1) is 0 Å². The maximum atomic E-state index is 12.2. The molecule has 0 aliphatic heterocycles. The van der Waals surface area contributed by atoms with Crippen LogP contribution in [0.4, 0.5) is 0 Å². The number of nitrogens with zero attached hydrogens (tertiary/aromatic N) is 1. The van der Waals surface area contributed by atoms with Crippen LogP contribution in [0.15, 0.2) is 58.2 Å². The van der Waals surface area contributed by atoms with Gasteiger partial charge in [-0.3, -0.25) is 4.98 Å². The van der Waals surface area contributed by atoms with Crippen molar-refractivity contribution in [3.05, 3.63) is 58.8 Å². The molecule has 1 saturated carbocycles. The van der Waals surface area contributed by atoms with Crippen LogP contribution < -0.4 is 4.72 Å². The zero-order valence-corrected chi connectivity index (χ0v) is 12.9. The monoisotopic (exact) mass is 352 g/mol. The molecule has 0 saturated heterocycles. The molecule has 0 bridgehead atoms. The fourth-order valence-electron chi connectivity index (χ4n) is 2.20. The van der Waals surface area contributed by atoms with Crippen LogP contribution in [0.1, 0.15) is 17.9 Å². The Bertz CT molecular complexity index is 719. The first kappa shape index (κ1) is 13.7. The van der Waals surface area contributed by atoms with Gasteiger partial charge in [-0.2, -0.15) is 0 Å². The van der Waals surface area contributed by atoms with Crippen molar-refractivity contribution in [1.82, 2.24) is 9.71 Å². The standard InChI is InChI=1S/C14H13BrN2O2S/c15-11-6-12(9-16-8-11)20(18,19)17-14-7-13(14)10-4-2-1-3-5-10/h1-6,8-9,13-14,17H,7H2. The molecule has 4 nitrogen and oxygen atoms in total. The molecule has 0 spiro atoms. The summed E-state index contributed by atoms with van der Waals surface area (Å²) in [5, 5.41) is 0. The average molecular weight is 353 g/mol. The molecule has 1 aromatic carbocycles. The van der Waals surface area contributed by atoms with Gasteiger partial charge in [0, 0.05) is 28.8 Å². The topological polar surface area (TPSA) is 59.1 Å². The van der Waals surface area contributed by atoms with E-state index in [2.05, 4.69) is 25.6 Å². The molecule has 0 amide bonds. The van der Waals surface area contributed by atoms with Crippen LogP contribution in [-0.2, 0) is 10.0 Å². The molecule has 1 fully saturated rings. The van der Waals surface area contributed by atoms with Crippen LogP contribution in [0.5, 0.6) is 0 Å². The van der Waals surface area contributed by atoms with E-state index in [1.807, 2.05) is 30.3 Å². The van der Waals surface area contributed by atoms with Crippen LogP contribution >= 0.6 is 15.9 Å². The molecular weight excluding hydrogens is 340 g/mol. The third kappa shape index (κ3) is 2.92. The number of halogens is 1. The Labute approximate surface area is 126 Å². The predicted molar refractivity (Wildman–Crippen MR) is 79.8 cm³/mol. The minimum atomic E-state index is -3.50. The molecule has 1 N–H and O–H groups in total. The van der Waals surface area contributed by atoms with Crippen LogP contribution in [0.3, 0.4) is 0 Å². The van der Waals surface area contributed by atoms with Gasteiger partial charge in [0.1, 0.15) is 4.90 Å². The highest BCUT2D eigenvalue weighted by atomic mass is 79.9. The molecular formula is C14H13BrN2O2S. The Balaban J connectivity index is 1.73. The smallest absolute Gasteiger partial charge is 0.242 e. The maximum Gasteiger partial charge on any atom is 0.242 e. The summed E-state index contributed by atoms with van der Waals surface area (Å²) >= 11 is 3.23. The fraction of sp³-hybridized carbons (Fsp3) is 0.214. The van der Waals surface area contributed by atoms with Gasteiger partial charge in [0.25, 0.3) is 0 Å². The Kier molecular flexibility index (Phi) is 3.62. The lowest BCUT2D eigenvalue weighted by Crippen LogP contribution is -2.27. The first-order chi connectivity index (χ1) is 9.56. The SMILES string of the molecule is O=S(=O)(NC1CC1c1ccccc1)c1cncc(Br)c1. The average Bonchev–Trinajstić information content (AvgIpc) is 3.18. The van der Waals surface area contributed by atoms with Gasteiger partial charge in [0.2, 0.25) is 10.0 Å². The molecule has 1 aliphatic carbocycles. The molecule has 1 aliphatic rings. The lowest BCUT2D eigenvalue weighted by Gasteiger charge is -2.06. The number of hydrogen-bond acceptors (Lipinski definition) is 3. The van der Waals surface area contributed by atoms with E-state index >= 15 is 0 Å². The van der Waals surface area contributed by atoms with Crippen LogP contribution in [0, 0.1) is 0 Å². The van der Waals surface area contributed by atoms with Gasteiger partial charge >= 0.3 is 0 Å². The van der Waals surface area contributed by atoms with E-state index < -0.39 is 10.0 Å². The summed E-state index contributed by atoms with van der Waals surface area (Å²) in [5.41, 5.74) is 1.17. The molecule has 104 valence electrons. The lowest BCUT2D eigenvalue weighted by atomic mass is 10.1. The van der Waals surface area contributed by atoms with Crippen molar-refractivity contribution in [3.63, 3.8) is 0 Å². The van der Waals surface area contributed by atoms with E-state index in [1.165, 1.54) is 11.8 Å². The maximum absolute atomic E-state index is 12.2. The van der Waals surface area contributed by atoms with E-state index in [4.69, 9.17) is 0 Å². The summed E-state index contributed by atoms with van der Waals surface area (Å²) in [6.45, 7) is 0. The second-order valence-electron chi connectivity index (χ2n) is 4.82. The number of rotatable bonds is 4. The number of nitrogens with one attached hydrogen (secondary N) is 1. The van der Waals surface area contributed by atoms with Gasteiger partial charge in [-0.25, -0.2) is 13.1 Å². The minimum Gasteiger partial charge on any atom is -0.262 e. The summed E-state index contributed by atoms with van der Waals surface area (Å²) in [6.07, 6.45) is 3.75. The molecule has 0 radical (unpaired) electrons. The van der Waals surface area contributed by atoms with Gasteiger partial charge in [0.15, 0.2) is 0 Å². The summed E-state index contributed by atoms with van der Waals surface area (Å²) in [7, 11) is -3.50. The quantitative estimate of drug-likeness (QED) is 0.920. The number of aromatic nitrogens is 1. The third-order valence-corrected chi connectivity index (χ3v) is 5.21. The van der Waals surface area contributed by atoms with Crippen molar-refractivity contribution in [3.8, 4) is 0 Å². The number of sulfonamides is 1. The fourth-order valence-corrected chi connectivity index (χ4v) is 3.99. The van der Waals surface area contributed by atoms with Gasteiger partial charge < -0.3 is 0 Å². The molecule has 6 heteroatoms. The largest absolute Gasteiger partial charge is 0.262 e. The zero-order chi connectivity index (χ0) is 14.2. The van der Waals surface area contributed by atoms with Crippen molar-refractivity contribution < 1.29 is 8.42 Å². The van der Waals surface area contributed by atoms with E-state index in [0.717, 1.165) is 6.42 Å². The lowest BCUT2D eigenvalue weighted by molar-refractivity contribution is 0.579. The normalized spacial score (nSPS) is 21.6. The second-order valence-corrected chi connectivity index (χ2v) is 7.45. The summed E-state index contributed by atoms with van der Waals surface area (Å²) in [4.78, 5) is 4.08. The van der Waals surface area contributed by atoms with Gasteiger partial charge in [0.05, 0.1) is 0 Å². The molecule has 3 rings (SSSR count). The summed E-state index contributed by atoms with van der Waals surface area (Å²) < 4.78 is 27.9. The van der Waals surface area contributed by atoms with E-state index in [-0.39, 0.29) is 16.9 Å². The van der Waals surface area contributed by atoms with Crippen molar-refractivity contribution in [2.45, 2.75) is 23.3 Å². The van der Waals surface area contributed by atoms with Gasteiger partial charge in [-0.05, 0) is 34.0 Å². The third-order valence-electron chi connectivity index (χ3n) is 3.31. The molecule has 2 unspecified atom stereocenters. The Hall–Kier alpha value is -1.24. The Morgan fingerprint density at radius 2 is 1.95 bits per heavy atom. The molecule has 1 aromatic heterocycles. The van der Waals surface area contributed by atoms with E-state index in [1.54, 1.807) is 12.3 Å². The molecule has 2 atom stereocenters. The Morgan fingerprint density at radius 3 is 2.65 bits per heavy atom. The second kappa shape index (κ2) is 5.27. The zero-order valence-electron chi connectivity index (χ0n) is 10.5. The highest BCUT2D eigenvalue weighted by Gasteiger charge is 2.41. The highest BCUT2D eigenvalue weighted by Crippen LogP contribution is 2.41. The van der Waals surface area contributed by atoms with Crippen LogP contribution in [-0.4, -0.2) is 19.4 Å². The molecule has 2 aromatic rings. The first-order valence-corrected chi connectivity index (χ1v) is 8.52.